The zero-order valence-corrected chi connectivity index (χ0v) is 26.6. The quantitative estimate of drug-likeness (QED) is 0.198. The van der Waals surface area contributed by atoms with Crippen molar-refractivity contribution in [1.82, 2.24) is 10.2 Å². The van der Waals surface area contributed by atoms with Gasteiger partial charge < -0.3 is 10.2 Å². The molecule has 0 unspecified atom stereocenters. The largest absolute Gasteiger partial charge is 0.357 e. The summed E-state index contributed by atoms with van der Waals surface area (Å²) in [5.41, 5.74) is 2.28. The number of amides is 2. The summed E-state index contributed by atoms with van der Waals surface area (Å²) >= 11 is 18.7. The predicted octanol–water partition coefficient (Wildman–Crippen LogP) is 6.54. The topological polar surface area (TPSA) is 86.8 Å². The lowest BCUT2D eigenvalue weighted by atomic mass is 10.0. The number of aryl methyl sites for hydroxylation is 1. The van der Waals surface area contributed by atoms with Crippen molar-refractivity contribution in [1.29, 1.82) is 0 Å². The number of carbonyl (C=O) groups excluding carboxylic acids is 2. The Morgan fingerprint density at radius 2 is 1.47 bits per heavy atom. The first-order valence-corrected chi connectivity index (χ1v) is 15.9. The molecule has 4 aromatic carbocycles. The third kappa shape index (κ3) is 7.89. The molecule has 7 nitrogen and oxygen atoms in total. The van der Waals surface area contributed by atoms with Gasteiger partial charge in [-0.3, -0.25) is 13.9 Å². The Morgan fingerprint density at radius 3 is 2.09 bits per heavy atom. The van der Waals surface area contributed by atoms with Crippen LogP contribution in [0.1, 0.15) is 16.7 Å². The van der Waals surface area contributed by atoms with Crippen molar-refractivity contribution in [3.8, 4) is 0 Å². The van der Waals surface area contributed by atoms with E-state index in [0.717, 1.165) is 9.87 Å². The number of anilines is 1. The SMILES string of the molecule is CNC(=O)[C@@H](Cc1ccccc1)N(Cc1ccc(Cl)c(Cl)c1)C(=O)CN(c1cc(Cl)ccc1C)S(=O)(=O)c1ccccc1. The van der Waals surface area contributed by atoms with Crippen LogP contribution in [0.2, 0.25) is 15.1 Å². The maximum atomic E-state index is 14.4. The van der Waals surface area contributed by atoms with Gasteiger partial charge in [0.25, 0.3) is 10.0 Å². The van der Waals surface area contributed by atoms with E-state index in [9.17, 15) is 18.0 Å². The Hall–Kier alpha value is -3.56. The third-order valence-electron chi connectivity index (χ3n) is 6.90. The predicted molar refractivity (Wildman–Crippen MR) is 172 cm³/mol. The lowest BCUT2D eigenvalue weighted by Crippen LogP contribution is -2.53. The molecule has 0 fully saturated rings. The van der Waals surface area contributed by atoms with Gasteiger partial charge in [-0.05, 0) is 60.0 Å². The average Bonchev–Trinajstić information content (AvgIpc) is 3.01. The summed E-state index contributed by atoms with van der Waals surface area (Å²) in [6, 6.07) is 25.9. The summed E-state index contributed by atoms with van der Waals surface area (Å²) in [5.74, 6) is -1.01. The van der Waals surface area contributed by atoms with E-state index in [4.69, 9.17) is 34.8 Å². The fourth-order valence-corrected chi connectivity index (χ4v) is 6.62. The highest BCUT2D eigenvalue weighted by Crippen LogP contribution is 2.30. The van der Waals surface area contributed by atoms with Crippen molar-refractivity contribution < 1.29 is 18.0 Å². The summed E-state index contributed by atoms with van der Waals surface area (Å²) in [7, 11) is -2.74. The van der Waals surface area contributed by atoms with Crippen LogP contribution in [0.25, 0.3) is 0 Å². The van der Waals surface area contributed by atoms with Crippen LogP contribution < -0.4 is 9.62 Å². The minimum atomic E-state index is -4.23. The highest BCUT2D eigenvalue weighted by molar-refractivity contribution is 7.92. The van der Waals surface area contributed by atoms with Crippen LogP contribution in [0.15, 0.2) is 102 Å². The zero-order valence-electron chi connectivity index (χ0n) is 23.5. The fourth-order valence-electron chi connectivity index (χ4n) is 4.64. The number of carbonyl (C=O) groups is 2. The molecule has 11 heteroatoms. The van der Waals surface area contributed by atoms with Crippen LogP contribution in [0.3, 0.4) is 0 Å². The van der Waals surface area contributed by atoms with Gasteiger partial charge in [-0.15, -0.1) is 0 Å². The van der Waals surface area contributed by atoms with Gasteiger partial charge in [0.2, 0.25) is 11.8 Å². The van der Waals surface area contributed by atoms with Crippen LogP contribution in [0, 0.1) is 6.92 Å². The number of nitrogens with one attached hydrogen (secondary N) is 1. The van der Waals surface area contributed by atoms with Crippen molar-refractivity contribution in [3.05, 3.63) is 129 Å². The Labute approximate surface area is 267 Å². The number of halogens is 3. The van der Waals surface area contributed by atoms with Gasteiger partial charge in [0, 0.05) is 25.0 Å². The van der Waals surface area contributed by atoms with Crippen molar-refractivity contribution in [2.75, 3.05) is 17.9 Å². The lowest BCUT2D eigenvalue weighted by Gasteiger charge is -2.34. The number of nitrogens with zero attached hydrogens (tertiary/aromatic N) is 2. The second-order valence-electron chi connectivity index (χ2n) is 9.85. The molecule has 0 saturated heterocycles. The third-order valence-corrected chi connectivity index (χ3v) is 9.65. The Bertz CT molecular complexity index is 1700. The first-order chi connectivity index (χ1) is 20.5. The first-order valence-electron chi connectivity index (χ1n) is 13.3. The molecule has 0 heterocycles. The molecule has 0 saturated carbocycles. The molecule has 224 valence electrons. The van der Waals surface area contributed by atoms with Gasteiger partial charge >= 0.3 is 0 Å². The highest BCUT2D eigenvalue weighted by Gasteiger charge is 2.35. The summed E-state index contributed by atoms with van der Waals surface area (Å²) in [4.78, 5) is 29.1. The number of benzene rings is 4. The number of likely N-dealkylation sites (N-methyl/N-ethyl adjacent to an activating group) is 1. The maximum absolute atomic E-state index is 14.4. The summed E-state index contributed by atoms with van der Waals surface area (Å²) in [5, 5.41) is 3.59. The van der Waals surface area contributed by atoms with Gasteiger partial charge in [0.1, 0.15) is 12.6 Å². The molecule has 4 rings (SSSR count). The minimum absolute atomic E-state index is 0.00495. The van der Waals surface area contributed by atoms with Crippen molar-refractivity contribution in [3.63, 3.8) is 0 Å². The molecular formula is C32H30Cl3N3O4S. The first kappa shape index (κ1) is 32.4. The van der Waals surface area contributed by atoms with Gasteiger partial charge in [0.15, 0.2) is 0 Å². The Balaban J connectivity index is 1.82. The van der Waals surface area contributed by atoms with Crippen LogP contribution in [-0.2, 0) is 32.6 Å². The highest BCUT2D eigenvalue weighted by atomic mass is 35.5. The second kappa shape index (κ2) is 14.3. The monoisotopic (exact) mass is 657 g/mol. The molecular weight excluding hydrogens is 629 g/mol. The molecule has 0 radical (unpaired) electrons. The normalized spacial score (nSPS) is 11.9. The number of sulfonamides is 1. The average molecular weight is 659 g/mol. The molecule has 1 atom stereocenters. The number of hydrogen-bond acceptors (Lipinski definition) is 4. The summed E-state index contributed by atoms with van der Waals surface area (Å²) < 4.78 is 29.1. The van der Waals surface area contributed by atoms with Crippen molar-refractivity contribution in [2.45, 2.75) is 30.8 Å². The molecule has 4 aromatic rings. The van der Waals surface area contributed by atoms with Gasteiger partial charge in [-0.25, -0.2) is 8.42 Å². The molecule has 0 aliphatic rings. The standard InChI is InChI=1S/C32H30Cl3N3O4S/c1-22-13-15-25(33)19-29(22)38(43(41,42)26-11-7-4-8-12-26)21-31(39)37(20-24-14-16-27(34)28(35)17-24)30(32(40)36-2)18-23-9-5-3-6-10-23/h3-17,19,30H,18,20-21H2,1-2H3,(H,36,40)/t30-/m1/s1. The molecule has 0 spiro atoms. The van der Waals surface area contributed by atoms with Crippen LogP contribution in [0.5, 0.6) is 0 Å². The molecule has 0 aliphatic heterocycles. The number of rotatable bonds is 11. The molecule has 1 N–H and O–H groups in total. The van der Waals surface area contributed by atoms with Gasteiger partial charge in [-0.2, -0.15) is 0 Å². The molecule has 43 heavy (non-hydrogen) atoms. The number of hydrogen-bond donors (Lipinski definition) is 1. The zero-order chi connectivity index (χ0) is 31.1. The van der Waals surface area contributed by atoms with E-state index in [0.29, 0.717) is 21.2 Å². The van der Waals surface area contributed by atoms with Crippen LogP contribution >= 0.6 is 34.8 Å². The molecule has 2 amide bonds. The van der Waals surface area contributed by atoms with E-state index in [-0.39, 0.29) is 28.6 Å². The maximum Gasteiger partial charge on any atom is 0.264 e. The summed E-state index contributed by atoms with van der Waals surface area (Å²) in [6.07, 6.45) is 0.190. The van der Waals surface area contributed by atoms with E-state index in [1.54, 1.807) is 55.5 Å². The van der Waals surface area contributed by atoms with Crippen molar-refractivity contribution in [2.24, 2.45) is 0 Å². The van der Waals surface area contributed by atoms with E-state index in [1.807, 2.05) is 30.3 Å². The van der Waals surface area contributed by atoms with Crippen LogP contribution in [0.4, 0.5) is 5.69 Å². The van der Waals surface area contributed by atoms with Crippen LogP contribution in [-0.4, -0.2) is 44.8 Å². The Kier molecular flexibility index (Phi) is 10.7. The van der Waals surface area contributed by atoms with Crippen molar-refractivity contribution >= 4 is 62.3 Å². The smallest absolute Gasteiger partial charge is 0.264 e. The minimum Gasteiger partial charge on any atom is -0.357 e. The van der Waals surface area contributed by atoms with E-state index in [1.165, 1.54) is 30.1 Å². The summed E-state index contributed by atoms with van der Waals surface area (Å²) in [6.45, 7) is 1.11. The van der Waals surface area contributed by atoms with E-state index in [2.05, 4.69) is 5.32 Å². The second-order valence-corrected chi connectivity index (χ2v) is 13.0. The molecule has 0 aromatic heterocycles. The lowest BCUT2D eigenvalue weighted by molar-refractivity contribution is -0.139. The van der Waals surface area contributed by atoms with Gasteiger partial charge in [0.05, 0.1) is 20.6 Å². The van der Waals surface area contributed by atoms with E-state index >= 15 is 0 Å². The van der Waals surface area contributed by atoms with Gasteiger partial charge in [-0.1, -0.05) is 95.5 Å². The molecule has 0 aliphatic carbocycles. The fraction of sp³-hybridized carbons (Fsp3) is 0.188. The Morgan fingerprint density at radius 1 is 0.814 bits per heavy atom. The van der Waals surface area contributed by atoms with E-state index < -0.39 is 34.4 Å². The molecule has 0 bridgehead atoms.